The normalized spacial score (nSPS) is 18.1. The number of aromatic nitrogens is 2. The van der Waals surface area contributed by atoms with Crippen LogP contribution in [0.25, 0.3) is 11.4 Å². The highest BCUT2D eigenvalue weighted by molar-refractivity contribution is 5.53. The second-order valence-corrected chi connectivity index (χ2v) is 8.65. The van der Waals surface area contributed by atoms with Gasteiger partial charge in [0.2, 0.25) is 11.7 Å². The fourth-order valence-corrected chi connectivity index (χ4v) is 4.65. The van der Waals surface area contributed by atoms with Crippen LogP contribution in [0.5, 0.6) is 5.75 Å². The molecule has 1 unspecified atom stereocenters. The van der Waals surface area contributed by atoms with Gasteiger partial charge in [-0.3, -0.25) is 0 Å². The van der Waals surface area contributed by atoms with Crippen LogP contribution in [0.2, 0.25) is 0 Å². The van der Waals surface area contributed by atoms with E-state index in [-0.39, 0.29) is 5.92 Å². The smallest absolute Gasteiger partial charge is 0.230 e. The van der Waals surface area contributed by atoms with Gasteiger partial charge in [0.1, 0.15) is 18.5 Å². The fourth-order valence-electron chi connectivity index (χ4n) is 4.65. The molecule has 2 heterocycles. The maximum Gasteiger partial charge on any atom is 0.230 e. The van der Waals surface area contributed by atoms with E-state index in [4.69, 9.17) is 9.26 Å². The highest BCUT2D eigenvalue weighted by Crippen LogP contribution is 2.29. The van der Waals surface area contributed by atoms with Crippen molar-refractivity contribution in [3.8, 4) is 17.1 Å². The molecule has 1 aliphatic carbocycles. The number of fused-ring (bicyclic) bond motifs is 1. The molecular weight excluding hydrogens is 390 g/mol. The molecule has 1 atom stereocenters. The summed E-state index contributed by atoms with van der Waals surface area (Å²) in [6.07, 6.45) is 4.94. The number of piperidine rings is 1. The van der Waals surface area contributed by atoms with Crippen LogP contribution in [-0.2, 0) is 12.8 Å². The second kappa shape index (κ2) is 9.20. The molecular formula is C25H29N3O3. The Bertz CT molecular complexity index is 996. The van der Waals surface area contributed by atoms with E-state index in [9.17, 15) is 5.11 Å². The molecule has 1 aromatic heterocycles. The Morgan fingerprint density at radius 1 is 1.06 bits per heavy atom. The van der Waals surface area contributed by atoms with E-state index in [1.807, 2.05) is 36.4 Å². The zero-order valence-corrected chi connectivity index (χ0v) is 17.7. The maximum absolute atomic E-state index is 10.5. The lowest BCUT2D eigenvalue weighted by molar-refractivity contribution is 0.0579. The van der Waals surface area contributed by atoms with Crippen LogP contribution in [0, 0.1) is 0 Å². The molecule has 0 saturated carbocycles. The SMILES string of the molecule is OC(COc1ccc2c(c1)CCC2)CN1CCC(c2nc(-c3ccccc3)no2)CC1. The number of hydrogen-bond acceptors (Lipinski definition) is 6. The van der Waals surface area contributed by atoms with Gasteiger partial charge < -0.3 is 19.3 Å². The van der Waals surface area contributed by atoms with Gasteiger partial charge in [-0.1, -0.05) is 41.6 Å². The average molecular weight is 420 g/mol. The summed E-state index contributed by atoms with van der Waals surface area (Å²) in [5.41, 5.74) is 3.81. The van der Waals surface area contributed by atoms with Gasteiger partial charge in [-0.2, -0.15) is 4.98 Å². The van der Waals surface area contributed by atoms with Crippen LogP contribution < -0.4 is 4.74 Å². The molecule has 0 amide bonds. The number of aryl methyl sites for hydroxylation is 2. The van der Waals surface area contributed by atoms with Crippen LogP contribution in [0.4, 0.5) is 0 Å². The molecule has 0 spiro atoms. The molecule has 1 fully saturated rings. The van der Waals surface area contributed by atoms with E-state index in [1.165, 1.54) is 24.0 Å². The lowest BCUT2D eigenvalue weighted by Gasteiger charge is -2.31. The fraction of sp³-hybridized carbons (Fsp3) is 0.440. The third kappa shape index (κ3) is 4.81. The largest absolute Gasteiger partial charge is 0.491 e. The van der Waals surface area contributed by atoms with E-state index < -0.39 is 6.10 Å². The van der Waals surface area contributed by atoms with Crippen molar-refractivity contribution in [2.75, 3.05) is 26.2 Å². The number of ether oxygens (including phenoxy) is 1. The van der Waals surface area contributed by atoms with E-state index >= 15 is 0 Å². The first kappa shape index (κ1) is 20.2. The van der Waals surface area contributed by atoms with Crippen LogP contribution in [0.15, 0.2) is 53.1 Å². The van der Waals surface area contributed by atoms with Gasteiger partial charge >= 0.3 is 0 Å². The topological polar surface area (TPSA) is 71.6 Å². The number of nitrogens with zero attached hydrogens (tertiary/aromatic N) is 3. The summed E-state index contributed by atoms with van der Waals surface area (Å²) in [5.74, 6) is 2.51. The van der Waals surface area contributed by atoms with Crippen molar-refractivity contribution < 1.29 is 14.4 Å². The van der Waals surface area contributed by atoms with Crippen molar-refractivity contribution >= 4 is 0 Å². The minimum atomic E-state index is -0.502. The summed E-state index contributed by atoms with van der Waals surface area (Å²) >= 11 is 0. The number of benzene rings is 2. The molecule has 1 aliphatic heterocycles. The Morgan fingerprint density at radius 3 is 2.71 bits per heavy atom. The van der Waals surface area contributed by atoms with Gasteiger partial charge in [0.15, 0.2) is 0 Å². The Balaban J connectivity index is 1.08. The third-order valence-electron chi connectivity index (χ3n) is 6.39. The molecule has 1 N–H and O–H groups in total. The van der Waals surface area contributed by atoms with Crippen LogP contribution in [0.1, 0.15) is 42.2 Å². The highest BCUT2D eigenvalue weighted by Gasteiger charge is 2.26. The number of hydrogen-bond donors (Lipinski definition) is 1. The molecule has 3 aromatic rings. The third-order valence-corrected chi connectivity index (χ3v) is 6.39. The molecule has 0 bridgehead atoms. The van der Waals surface area contributed by atoms with Gasteiger partial charge in [0.05, 0.1) is 0 Å². The van der Waals surface area contributed by atoms with Crippen molar-refractivity contribution in [1.29, 1.82) is 0 Å². The highest BCUT2D eigenvalue weighted by atomic mass is 16.5. The quantitative estimate of drug-likeness (QED) is 0.627. The first-order chi connectivity index (χ1) is 15.2. The van der Waals surface area contributed by atoms with Crippen LogP contribution in [-0.4, -0.2) is 52.5 Å². The summed E-state index contributed by atoms with van der Waals surface area (Å²) < 4.78 is 11.4. The molecule has 31 heavy (non-hydrogen) atoms. The molecule has 2 aliphatic rings. The summed E-state index contributed by atoms with van der Waals surface area (Å²) in [4.78, 5) is 6.91. The van der Waals surface area contributed by atoms with Crippen molar-refractivity contribution in [2.45, 2.75) is 44.1 Å². The summed E-state index contributed by atoms with van der Waals surface area (Å²) in [7, 11) is 0. The molecule has 5 rings (SSSR count). The van der Waals surface area contributed by atoms with Gasteiger partial charge in [-0.15, -0.1) is 0 Å². The van der Waals surface area contributed by atoms with Gasteiger partial charge in [0, 0.05) is 18.0 Å². The molecule has 0 radical (unpaired) electrons. The predicted molar refractivity (Wildman–Crippen MR) is 118 cm³/mol. The van der Waals surface area contributed by atoms with Crippen molar-refractivity contribution in [1.82, 2.24) is 15.0 Å². The predicted octanol–water partition coefficient (Wildman–Crippen LogP) is 3.84. The first-order valence-corrected chi connectivity index (χ1v) is 11.3. The Labute approximate surface area is 182 Å². The minimum Gasteiger partial charge on any atom is -0.491 e. The van der Waals surface area contributed by atoms with E-state index in [2.05, 4.69) is 27.2 Å². The van der Waals surface area contributed by atoms with Gasteiger partial charge in [0.25, 0.3) is 0 Å². The van der Waals surface area contributed by atoms with Crippen molar-refractivity contribution in [3.63, 3.8) is 0 Å². The Morgan fingerprint density at radius 2 is 1.87 bits per heavy atom. The Kier molecular flexibility index (Phi) is 6.00. The summed E-state index contributed by atoms with van der Waals surface area (Å²) in [6.45, 7) is 2.76. The second-order valence-electron chi connectivity index (χ2n) is 8.65. The lowest BCUT2D eigenvalue weighted by Crippen LogP contribution is -2.40. The number of aliphatic hydroxyl groups is 1. The van der Waals surface area contributed by atoms with Gasteiger partial charge in [-0.05, 0) is 68.5 Å². The monoisotopic (exact) mass is 419 g/mol. The van der Waals surface area contributed by atoms with Gasteiger partial charge in [-0.25, -0.2) is 0 Å². The maximum atomic E-state index is 10.5. The number of aliphatic hydroxyl groups excluding tert-OH is 1. The molecule has 162 valence electrons. The molecule has 1 saturated heterocycles. The number of likely N-dealkylation sites (tertiary alicyclic amines) is 1. The molecule has 2 aromatic carbocycles. The number of rotatable bonds is 7. The summed E-state index contributed by atoms with van der Waals surface area (Å²) in [6, 6.07) is 16.2. The minimum absolute atomic E-state index is 0.279. The Hall–Kier alpha value is -2.70. The van der Waals surface area contributed by atoms with Crippen LogP contribution >= 0.6 is 0 Å². The van der Waals surface area contributed by atoms with E-state index in [0.717, 1.165) is 49.6 Å². The zero-order chi connectivity index (χ0) is 21.0. The summed E-state index contributed by atoms with van der Waals surface area (Å²) in [5, 5.41) is 14.6. The number of β-amino-alcohol motifs (C(OH)–C–C–N with tert-alkyl or cyclic N) is 1. The molecule has 6 nitrogen and oxygen atoms in total. The zero-order valence-electron chi connectivity index (χ0n) is 17.7. The van der Waals surface area contributed by atoms with Crippen LogP contribution in [0.3, 0.4) is 0 Å². The molecule has 6 heteroatoms. The average Bonchev–Trinajstić information content (AvgIpc) is 3.48. The van der Waals surface area contributed by atoms with Crippen molar-refractivity contribution in [3.05, 3.63) is 65.5 Å². The lowest BCUT2D eigenvalue weighted by atomic mass is 9.96. The first-order valence-electron chi connectivity index (χ1n) is 11.3. The van der Waals surface area contributed by atoms with E-state index in [1.54, 1.807) is 0 Å². The van der Waals surface area contributed by atoms with Crippen molar-refractivity contribution in [2.24, 2.45) is 0 Å². The van der Waals surface area contributed by atoms with E-state index in [0.29, 0.717) is 19.0 Å². The standard InChI is InChI=1S/C25H29N3O3/c29-22(17-30-23-10-9-18-7-4-8-21(18)15-23)16-28-13-11-20(12-14-28)25-26-24(27-31-25)19-5-2-1-3-6-19/h1-3,5-6,9-10,15,20,22,29H,4,7-8,11-14,16-17H2.